The van der Waals surface area contributed by atoms with Crippen LogP contribution in [0.4, 0.5) is 0 Å². The van der Waals surface area contributed by atoms with Crippen molar-refractivity contribution in [2.24, 2.45) is 0 Å². The molecule has 0 unspecified atom stereocenters. The number of rotatable bonds is 4. The Hall–Kier alpha value is -0.570. The Morgan fingerprint density at radius 2 is 1.91 bits per heavy atom. The van der Waals surface area contributed by atoms with Crippen LogP contribution in [0.15, 0.2) is 0 Å². The van der Waals surface area contributed by atoms with Crippen LogP contribution in [-0.2, 0) is 9.63 Å². The first-order valence-electron chi connectivity index (χ1n) is 3.67. The summed E-state index contributed by atoms with van der Waals surface area (Å²) in [5, 5.41) is 1.25. The van der Waals surface area contributed by atoms with E-state index in [9.17, 15) is 4.79 Å². The summed E-state index contributed by atoms with van der Waals surface area (Å²) in [7, 11) is 3.10. The molecule has 0 saturated heterocycles. The summed E-state index contributed by atoms with van der Waals surface area (Å²) in [5.41, 5.74) is 0. The topological polar surface area (TPSA) is 29.5 Å². The Labute approximate surface area is 68.3 Å². The minimum Gasteiger partial charge on any atom is -0.275 e. The zero-order chi connectivity index (χ0) is 8.85. The molecule has 0 bridgehead atoms. The monoisotopic (exact) mass is 158 g/mol. The zero-order valence-electron chi connectivity index (χ0n) is 7.68. The van der Waals surface area contributed by atoms with Crippen LogP contribution in [0.2, 0.25) is 0 Å². The van der Waals surface area contributed by atoms with Crippen molar-refractivity contribution in [2.45, 2.75) is 26.7 Å². The fraction of sp³-hybridized carbons (Fsp3) is 0.750. The molecule has 1 amide bonds. The number of carbonyl (C=O) groups is 1. The molecule has 0 aliphatic heterocycles. The highest BCUT2D eigenvalue weighted by molar-refractivity contribution is 5.74. The van der Waals surface area contributed by atoms with Gasteiger partial charge >= 0.3 is 0 Å². The molecule has 0 atom stereocenters. The van der Waals surface area contributed by atoms with Crippen LogP contribution in [0.25, 0.3) is 0 Å². The van der Waals surface area contributed by atoms with Gasteiger partial charge in [0.2, 0.25) is 5.91 Å². The van der Waals surface area contributed by atoms with E-state index in [0.717, 1.165) is 6.42 Å². The van der Waals surface area contributed by atoms with Crippen LogP contribution < -0.4 is 0 Å². The zero-order valence-corrected chi connectivity index (χ0v) is 7.68. The van der Waals surface area contributed by atoms with Gasteiger partial charge in [0.1, 0.15) is 0 Å². The third kappa shape index (κ3) is 4.79. The van der Waals surface area contributed by atoms with Gasteiger partial charge in [-0.05, 0) is 12.3 Å². The second-order valence-electron chi connectivity index (χ2n) is 2.78. The molecule has 0 aromatic rings. The van der Waals surface area contributed by atoms with Crippen LogP contribution in [0.5, 0.6) is 0 Å². The molecule has 0 fully saturated rings. The summed E-state index contributed by atoms with van der Waals surface area (Å²) in [6.45, 7) is 4.03. The van der Waals surface area contributed by atoms with Crippen LogP contribution >= 0.6 is 0 Å². The van der Waals surface area contributed by atoms with Gasteiger partial charge in [0, 0.05) is 13.5 Å². The fourth-order valence-electron chi connectivity index (χ4n) is 0.616. The summed E-state index contributed by atoms with van der Waals surface area (Å²) in [6.07, 6.45) is 1.37. The van der Waals surface area contributed by atoms with Crippen molar-refractivity contribution < 1.29 is 9.63 Å². The van der Waals surface area contributed by atoms with Crippen molar-refractivity contribution >= 4 is 5.91 Å². The van der Waals surface area contributed by atoms with Crippen LogP contribution in [-0.4, -0.2) is 25.1 Å². The number of carbonyl (C=O) groups excluding carboxylic acids is 1. The average molecular weight is 158 g/mol. The number of hydrogen-bond donors (Lipinski definition) is 0. The maximum absolute atomic E-state index is 11.1. The second-order valence-corrected chi connectivity index (χ2v) is 2.78. The van der Waals surface area contributed by atoms with Gasteiger partial charge in [-0.25, -0.2) is 5.06 Å². The average Bonchev–Trinajstić information content (AvgIpc) is 1.98. The summed E-state index contributed by atoms with van der Waals surface area (Å²) in [4.78, 5) is 15.8. The van der Waals surface area contributed by atoms with E-state index < -0.39 is 0 Å². The standard InChI is InChI=1S/C8H16NO2/c1-7(2)5-6-8(10)9(3)11-4/h5-6H2,1-4H3. The highest BCUT2D eigenvalue weighted by atomic mass is 16.7. The van der Waals surface area contributed by atoms with E-state index in [1.54, 1.807) is 7.05 Å². The Kier molecular flexibility index (Phi) is 4.86. The maximum Gasteiger partial charge on any atom is 0.245 e. The molecule has 3 nitrogen and oxygen atoms in total. The lowest BCUT2D eigenvalue weighted by atomic mass is 10.1. The first kappa shape index (κ1) is 10.4. The lowest BCUT2D eigenvalue weighted by Gasteiger charge is -2.13. The van der Waals surface area contributed by atoms with E-state index in [2.05, 4.69) is 0 Å². The van der Waals surface area contributed by atoms with Crippen LogP contribution in [0, 0.1) is 5.92 Å². The van der Waals surface area contributed by atoms with E-state index in [4.69, 9.17) is 4.84 Å². The molecule has 0 heterocycles. The summed E-state index contributed by atoms with van der Waals surface area (Å²) >= 11 is 0. The Balaban J connectivity index is 3.52. The number of nitrogens with zero attached hydrogens (tertiary/aromatic N) is 1. The van der Waals surface area contributed by atoms with E-state index in [0.29, 0.717) is 6.42 Å². The van der Waals surface area contributed by atoms with Gasteiger partial charge in [0.25, 0.3) is 0 Å². The van der Waals surface area contributed by atoms with Gasteiger partial charge in [0.15, 0.2) is 0 Å². The van der Waals surface area contributed by atoms with Crippen molar-refractivity contribution in [1.29, 1.82) is 0 Å². The van der Waals surface area contributed by atoms with E-state index in [-0.39, 0.29) is 5.91 Å². The van der Waals surface area contributed by atoms with Crippen molar-refractivity contribution in [3.63, 3.8) is 0 Å². The molecule has 3 heteroatoms. The molecule has 0 spiro atoms. The number of amides is 1. The molecular weight excluding hydrogens is 142 g/mol. The molecule has 1 radical (unpaired) electrons. The summed E-state index contributed by atoms with van der Waals surface area (Å²) in [6, 6.07) is 0. The Bertz CT molecular complexity index is 123. The molecule has 0 aromatic heterocycles. The molecular formula is C8H16NO2. The first-order valence-corrected chi connectivity index (χ1v) is 3.67. The fourth-order valence-corrected chi connectivity index (χ4v) is 0.616. The van der Waals surface area contributed by atoms with Gasteiger partial charge < -0.3 is 0 Å². The second kappa shape index (κ2) is 5.13. The highest BCUT2D eigenvalue weighted by Gasteiger charge is 2.07. The molecule has 11 heavy (non-hydrogen) atoms. The quantitative estimate of drug-likeness (QED) is 0.579. The highest BCUT2D eigenvalue weighted by Crippen LogP contribution is 2.06. The van der Waals surface area contributed by atoms with Crippen molar-refractivity contribution in [3.8, 4) is 0 Å². The largest absolute Gasteiger partial charge is 0.275 e. The van der Waals surface area contributed by atoms with E-state index in [1.807, 2.05) is 13.8 Å². The predicted molar refractivity (Wildman–Crippen MR) is 43.6 cm³/mol. The van der Waals surface area contributed by atoms with Gasteiger partial charge in [-0.1, -0.05) is 13.8 Å². The molecule has 65 valence electrons. The SMILES string of the molecule is CON(C)C(=O)CC[C](C)C. The molecule has 0 aromatic carbocycles. The Morgan fingerprint density at radius 3 is 2.27 bits per heavy atom. The molecule has 0 aliphatic rings. The number of hydroxylamine groups is 2. The van der Waals surface area contributed by atoms with Gasteiger partial charge in [-0.2, -0.15) is 0 Å². The third-order valence-electron chi connectivity index (χ3n) is 1.46. The lowest BCUT2D eigenvalue weighted by molar-refractivity contribution is -0.168. The molecule has 0 saturated carbocycles. The summed E-state index contributed by atoms with van der Waals surface area (Å²) < 4.78 is 0. The van der Waals surface area contributed by atoms with Crippen molar-refractivity contribution in [1.82, 2.24) is 5.06 Å². The molecule has 0 rings (SSSR count). The van der Waals surface area contributed by atoms with Crippen LogP contribution in [0.3, 0.4) is 0 Å². The minimum absolute atomic E-state index is 0.0219. The molecule has 0 N–H and O–H groups in total. The maximum atomic E-state index is 11.1. The van der Waals surface area contributed by atoms with Gasteiger partial charge in [-0.15, -0.1) is 0 Å². The Morgan fingerprint density at radius 1 is 1.36 bits per heavy atom. The summed E-state index contributed by atoms with van der Waals surface area (Å²) in [5.74, 6) is 1.29. The normalized spacial score (nSPS) is 10.3. The van der Waals surface area contributed by atoms with Gasteiger partial charge in [0.05, 0.1) is 7.11 Å². The van der Waals surface area contributed by atoms with E-state index in [1.165, 1.54) is 18.1 Å². The van der Waals surface area contributed by atoms with Crippen molar-refractivity contribution in [2.75, 3.05) is 14.2 Å². The van der Waals surface area contributed by atoms with Crippen molar-refractivity contribution in [3.05, 3.63) is 5.92 Å². The lowest BCUT2D eigenvalue weighted by Crippen LogP contribution is -2.25. The first-order chi connectivity index (χ1) is 5.07. The number of hydrogen-bond acceptors (Lipinski definition) is 2. The van der Waals surface area contributed by atoms with Crippen LogP contribution in [0.1, 0.15) is 26.7 Å². The third-order valence-corrected chi connectivity index (χ3v) is 1.46. The minimum atomic E-state index is 0.0219. The van der Waals surface area contributed by atoms with E-state index >= 15 is 0 Å². The predicted octanol–water partition coefficient (Wildman–Crippen LogP) is 1.40. The van der Waals surface area contributed by atoms with Gasteiger partial charge in [-0.3, -0.25) is 9.63 Å². The smallest absolute Gasteiger partial charge is 0.245 e. The molecule has 0 aliphatic carbocycles.